The highest BCUT2D eigenvalue weighted by Crippen LogP contribution is 2.22. The van der Waals surface area contributed by atoms with Gasteiger partial charge in [-0.1, -0.05) is 13.3 Å². The highest BCUT2D eigenvalue weighted by molar-refractivity contribution is 4.81. The molecule has 1 heterocycles. The molecule has 96 valence electrons. The molecule has 1 aliphatic heterocycles. The minimum atomic E-state index is 0.715. The number of likely N-dealkylation sites (tertiary alicyclic amines) is 1. The van der Waals surface area contributed by atoms with E-state index in [9.17, 15) is 0 Å². The fourth-order valence-electron chi connectivity index (χ4n) is 2.89. The topological polar surface area (TPSA) is 6.48 Å². The molecule has 2 nitrogen and oxygen atoms in total. The summed E-state index contributed by atoms with van der Waals surface area (Å²) in [6.45, 7) is 8.32. The molecule has 0 amide bonds. The van der Waals surface area contributed by atoms with E-state index in [4.69, 9.17) is 0 Å². The van der Waals surface area contributed by atoms with Crippen LogP contribution in [0.5, 0.6) is 0 Å². The third-order valence-electron chi connectivity index (χ3n) is 4.38. The summed E-state index contributed by atoms with van der Waals surface area (Å²) >= 11 is 0. The van der Waals surface area contributed by atoms with Crippen molar-refractivity contribution in [2.75, 3.05) is 20.6 Å². The van der Waals surface area contributed by atoms with Crippen LogP contribution in [0.1, 0.15) is 52.9 Å². The molecule has 1 fully saturated rings. The molecule has 3 unspecified atom stereocenters. The first-order valence-corrected chi connectivity index (χ1v) is 6.98. The van der Waals surface area contributed by atoms with Gasteiger partial charge in [-0.25, -0.2) is 0 Å². The Morgan fingerprint density at radius 3 is 2.50 bits per heavy atom. The van der Waals surface area contributed by atoms with Crippen LogP contribution in [0.15, 0.2) is 0 Å². The van der Waals surface area contributed by atoms with E-state index in [1.165, 1.54) is 38.6 Å². The van der Waals surface area contributed by atoms with Crippen LogP contribution in [0.4, 0.5) is 0 Å². The molecule has 3 atom stereocenters. The van der Waals surface area contributed by atoms with E-state index >= 15 is 0 Å². The summed E-state index contributed by atoms with van der Waals surface area (Å²) < 4.78 is 0. The first kappa shape index (κ1) is 14.0. The molecule has 0 N–H and O–H groups in total. The highest BCUT2D eigenvalue weighted by atomic mass is 15.2. The molecular formula is C14H30N2. The average molecular weight is 226 g/mol. The summed E-state index contributed by atoms with van der Waals surface area (Å²) in [5.74, 6) is 0. The second-order valence-corrected chi connectivity index (χ2v) is 5.66. The quantitative estimate of drug-likeness (QED) is 0.687. The highest BCUT2D eigenvalue weighted by Gasteiger charge is 2.25. The van der Waals surface area contributed by atoms with Gasteiger partial charge in [0, 0.05) is 18.1 Å². The maximum Gasteiger partial charge on any atom is 0.0107 e. The van der Waals surface area contributed by atoms with Gasteiger partial charge in [0.2, 0.25) is 0 Å². The molecule has 0 bridgehead atoms. The maximum atomic E-state index is 2.57. The Morgan fingerprint density at radius 2 is 2.00 bits per heavy atom. The van der Waals surface area contributed by atoms with Gasteiger partial charge in [-0.2, -0.15) is 0 Å². The molecule has 0 radical (unpaired) electrons. The summed E-state index contributed by atoms with van der Waals surface area (Å²) in [6, 6.07) is 2.27. The van der Waals surface area contributed by atoms with E-state index in [1.54, 1.807) is 0 Å². The van der Waals surface area contributed by atoms with Crippen molar-refractivity contribution >= 4 is 0 Å². The average Bonchev–Trinajstić information content (AvgIpc) is 2.63. The standard InChI is InChI=1S/C14H30N2/c1-6-8-12(2)16(5)13(3)11-14-9-7-10-15(14)4/h12-14H,6-11H2,1-5H3. The largest absolute Gasteiger partial charge is 0.303 e. The second-order valence-electron chi connectivity index (χ2n) is 5.66. The molecule has 1 aliphatic rings. The maximum absolute atomic E-state index is 2.57. The molecule has 0 aromatic heterocycles. The summed E-state index contributed by atoms with van der Waals surface area (Å²) in [5.41, 5.74) is 0. The molecule has 0 saturated carbocycles. The van der Waals surface area contributed by atoms with E-state index in [0.29, 0.717) is 6.04 Å². The SMILES string of the molecule is CCCC(C)N(C)C(C)CC1CCCN1C. The van der Waals surface area contributed by atoms with Gasteiger partial charge in [0.15, 0.2) is 0 Å². The molecular weight excluding hydrogens is 196 g/mol. The lowest BCUT2D eigenvalue weighted by atomic mass is 10.0. The fourth-order valence-corrected chi connectivity index (χ4v) is 2.89. The van der Waals surface area contributed by atoms with Gasteiger partial charge in [-0.15, -0.1) is 0 Å². The van der Waals surface area contributed by atoms with Crippen LogP contribution in [-0.2, 0) is 0 Å². The van der Waals surface area contributed by atoms with Crippen LogP contribution >= 0.6 is 0 Å². The third kappa shape index (κ3) is 3.74. The van der Waals surface area contributed by atoms with Gasteiger partial charge in [0.1, 0.15) is 0 Å². The summed E-state index contributed by atoms with van der Waals surface area (Å²) in [6.07, 6.45) is 6.74. The first-order valence-electron chi connectivity index (χ1n) is 6.98. The van der Waals surface area contributed by atoms with Gasteiger partial charge in [-0.3, -0.25) is 0 Å². The Morgan fingerprint density at radius 1 is 1.31 bits per heavy atom. The van der Waals surface area contributed by atoms with E-state index in [0.717, 1.165) is 12.1 Å². The number of hydrogen-bond donors (Lipinski definition) is 0. The van der Waals surface area contributed by atoms with Crippen LogP contribution in [0, 0.1) is 0 Å². The van der Waals surface area contributed by atoms with Crippen molar-refractivity contribution in [1.82, 2.24) is 9.80 Å². The van der Waals surface area contributed by atoms with Crippen molar-refractivity contribution < 1.29 is 0 Å². The second kappa shape index (κ2) is 6.61. The van der Waals surface area contributed by atoms with Gasteiger partial charge >= 0.3 is 0 Å². The van der Waals surface area contributed by atoms with Crippen LogP contribution in [0.3, 0.4) is 0 Å². The predicted molar refractivity (Wildman–Crippen MR) is 71.9 cm³/mol. The van der Waals surface area contributed by atoms with Crippen molar-refractivity contribution in [3.05, 3.63) is 0 Å². The lowest BCUT2D eigenvalue weighted by molar-refractivity contribution is 0.150. The minimum absolute atomic E-state index is 0.715. The van der Waals surface area contributed by atoms with Crippen LogP contribution in [0.2, 0.25) is 0 Å². The number of rotatable bonds is 6. The van der Waals surface area contributed by atoms with Crippen molar-refractivity contribution in [1.29, 1.82) is 0 Å². The van der Waals surface area contributed by atoms with E-state index in [2.05, 4.69) is 44.7 Å². The monoisotopic (exact) mass is 226 g/mol. The van der Waals surface area contributed by atoms with E-state index in [1.807, 2.05) is 0 Å². The predicted octanol–water partition coefficient (Wildman–Crippen LogP) is 2.98. The van der Waals surface area contributed by atoms with Gasteiger partial charge in [-0.05, 0) is 60.2 Å². The molecule has 0 spiro atoms. The Balaban J connectivity index is 2.35. The first-order chi connectivity index (χ1) is 7.56. The molecule has 0 aromatic carbocycles. The van der Waals surface area contributed by atoms with Gasteiger partial charge in [0.05, 0.1) is 0 Å². The van der Waals surface area contributed by atoms with Gasteiger partial charge in [0.25, 0.3) is 0 Å². The van der Waals surface area contributed by atoms with Crippen molar-refractivity contribution in [3.63, 3.8) is 0 Å². The lowest BCUT2D eigenvalue weighted by Crippen LogP contribution is -2.40. The van der Waals surface area contributed by atoms with E-state index in [-0.39, 0.29) is 0 Å². The fraction of sp³-hybridized carbons (Fsp3) is 1.00. The van der Waals surface area contributed by atoms with Crippen LogP contribution in [0.25, 0.3) is 0 Å². The Hall–Kier alpha value is -0.0800. The third-order valence-corrected chi connectivity index (χ3v) is 4.38. The number of hydrogen-bond acceptors (Lipinski definition) is 2. The van der Waals surface area contributed by atoms with E-state index < -0.39 is 0 Å². The molecule has 16 heavy (non-hydrogen) atoms. The lowest BCUT2D eigenvalue weighted by Gasteiger charge is -2.33. The molecule has 1 rings (SSSR count). The van der Waals surface area contributed by atoms with Crippen molar-refractivity contribution in [2.24, 2.45) is 0 Å². The molecule has 0 aromatic rings. The van der Waals surface area contributed by atoms with Crippen LogP contribution in [-0.4, -0.2) is 48.6 Å². The Kier molecular flexibility index (Phi) is 5.77. The van der Waals surface area contributed by atoms with Crippen molar-refractivity contribution in [2.45, 2.75) is 71.0 Å². The zero-order chi connectivity index (χ0) is 12.1. The van der Waals surface area contributed by atoms with Crippen LogP contribution < -0.4 is 0 Å². The zero-order valence-electron chi connectivity index (χ0n) is 11.9. The number of nitrogens with zero attached hydrogens (tertiary/aromatic N) is 2. The Labute approximate surface area is 102 Å². The van der Waals surface area contributed by atoms with Crippen molar-refractivity contribution in [3.8, 4) is 0 Å². The summed E-state index contributed by atoms with van der Waals surface area (Å²) in [7, 11) is 4.57. The van der Waals surface area contributed by atoms with Gasteiger partial charge < -0.3 is 9.80 Å². The molecule has 2 heteroatoms. The molecule has 0 aliphatic carbocycles. The minimum Gasteiger partial charge on any atom is -0.303 e. The molecule has 1 saturated heterocycles. The summed E-state index contributed by atoms with van der Waals surface area (Å²) in [4.78, 5) is 5.10. The Bertz CT molecular complexity index is 193. The summed E-state index contributed by atoms with van der Waals surface area (Å²) in [5, 5.41) is 0. The normalized spacial score (nSPS) is 26.2. The smallest absolute Gasteiger partial charge is 0.0107 e. The zero-order valence-corrected chi connectivity index (χ0v) is 11.9.